The quantitative estimate of drug-likeness (QED) is 0.718. The van der Waals surface area contributed by atoms with E-state index in [1.54, 1.807) is 6.92 Å². The Morgan fingerprint density at radius 3 is 2.50 bits per heavy atom. The molecule has 0 aromatic heterocycles. The van der Waals surface area contributed by atoms with Gasteiger partial charge < -0.3 is 5.32 Å². The number of carbonyl (C=O) groups is 1. The van der Waals surface area contributed by atoms with E-state index in [9.17, 15) is 4.79 Å². The fraction of sp³-hybridized carbons (Fsp3) is 0.417. The van der Waals surface area contributed by atoms with Crippen molar-refractivity contribution in [2.45, 2.75) is 20.3 Å². The lowest BCUT2D eigenvalue weighted by atomic mass is 10.1. The fourth-order valence-electron chi connectivity index (χ4n) is 1.25. The van der Waals surface area contributed by atoms with Crippen molar-refractivity contribution in [2.75, 3.05) is 13.1 Å². The Morgan fingerprint density at radius 2 is 1.93 bits per heavy atom. The first-order chi connectivity index (χ1) is 6.68. The molecule has 76 valence electrons. The maximum Gasteiger partial charge on any atom is 0.143 e. The molecule has 1 rings (SSSR count). The fourth-order valence-corrected chi connectivity index (χ4v) is 1.25. The van der Waals surface area contributed by atoms with E-state index in [1.165, 1.54) is 11.1 Å². The molecular weight excluding hydrogens is 174 g/mol. The highest BCUT2D eigenvalue weighted by molar-refractivity contribution is 5.77. The molecular formula is C12H17NO. The summed E-state index contributed by atoms with van der Waals surface area (Å²) in [6.45, 7) is 5.02. The van der Waals surface area contributed by atoms with Crippen LogP contribution in [0.2, 0.25) is 0 Å². The molecule has 0 heterocycles. The maximum atomic E-state index is 10.6. The summed E-state index contributed by atoms with van der Waals surface area (Å²) in [7, 11) is 0. The van der Waals surface area contributed by atoms with Crippen molar-refractivity contribution in [3.05, 3.63) is 35.4 Å². The first-order valence-electron chi connectivity index (χ1n) is 4.94. The summed E-state index contributed by atoms with van der Waals surface area (Å²) in [5.74, 6) is 0.189. The second-order valence-corrected chi connectivity index (χ2v) is 3.61. The van der Waals surface area contributed by atoms with Crippen LogP contribution in [0, 0.1) is 6.92 Å². The monoisotopic (exact) mass is 191 g/mol. The van der Waals surface area contributed by atoms with Crippen LogP contribution >= 0.6 is 0 Å². The van der Waals surface area contributed by atoms with Crippen LogP contribution in [0.1, 0.15) is 18.1 Å². The number of hydrogen-bond acceptors (Lipinski definition) is 2. The van der Waals surface area contributed by atoms with E-state index >= 15 is 0 Å². The SMILES string of the molecule is CC(=O)CNCCc1ccc(C)cc1. The number of Topliss-reactive ketones (excluding diaryl/α,β-unsaturated/α-hetero) is 1. The third-order valence-corrected chi connectivity index (χ3v) is 2.08. The van der Waals surface area contributed by atoms with Gasteiger partial charge in [0.05, 0.1) is 6.54 Å². The second kappa shape index (κ2) is 5.55. The summed E-state index contributed by atoms with van der Waals surface area (Å²) in [6, 6.07) is 8.48. The number of hydrogen-bond donors (Lipinski definition) is 1. The Balaban J connectivity index is 2.25. The second-order valence-electron chi connectivity index (χ2n) is 3.61. The van der Waals surface area contributed by atoms with Crippen molar-refractivity contribution >= 4 is 5.78 Å². The summed E-state index contributed by atoms with van der Waals surface area (Å²) in [6.07, 6.45) is 0.980. The molecule has 0 amide bonds. The van der Waals surface area contributed by atoms with Gasteiger partial charge in [-0.15, -0.1) is 0 Å². The molecule has 2 nitrogen and oxygen atoms in total. The minimum Gasteiger partial charge on any atom is -0.310 e. The lowest BCUT2D eigenvalue weighted by Crippen LogP contribution is -2.23. The molecule has 1 aromatic rings. The van der Waals surface area contributed by atoms with E-state index in [4.69, 9.17) is 0 Å². The molecule has 0 aliphatic heterocycles. The van der Waals surface area contributed by atoms with Crippen LogP contribution in [0.5, 0.6) is 0 Å². The van der Waals surface area contributed by atoms with Crippen molar-refractivity contribution < 1.29 is 4.79 Å². The number of rotatable bonds is 5. The number of ketones is 1. The van der Waals surface area contributed by atoms with Gasteiger partial charge in [0.15, 0.2) is 0 Å². The van der Waals surface area contributed by atoms with Crippen LogP contribution in [0.3, 0.4) is 0 Å². The topological polar surface area (TPSA) is 29.1 Å². The molecule has 0 bridgehead atoms. The van der Waals surface area contributed by atoms with Gasteiger partial charge in [0.1, 0.15) is 5.78 Å². The lowest BCUT2D eigenvalue weighted by Gasteiger charge is -2.03. The van der Waals surface area contributed by atoms with Crippen LogP contribution in [0.25, 0.3) is 0 Å². The minimum atomic E-state index is 0.189. The lowest BCUT2D eigenvalue weighted by molar-refractivity contribution is -0.116. The zero-order valence-electron chi connectivity index (χ0n) is 8.84. The van der Waals surface area contributed by atoms with E-state index < -0.39 is 0 Å². The first-order valence-corrected chi connectivity index (χ1v) is 4.94. The first kappa shape index (κ1) is 10.9. The Labute approximate surface area is 85.3 Å². The summed E-state index contributed by atoms with van der Waals surface area (Å²) in [4.78, 5) is 10.6. The molecule has 0 spiro atoms. The standard InChI is InChI=1S/C12H17NO/c1-10-3-5-12(6-4-10)7-8-13-9-11(2)14/h3-6,13H,7-9H2,1-2H3. The Hall–Kier alpha value is -1.15. The van der Waals surface area contributed by atoms with E-state index in [-0.39, 0.29) is 5.78 Å². The van der Waals surface area contributed by atoms with Gasteiger partial charge in [-0.3, -0.25) is 4.79 Å². The van der Waals surface area contributed by atoms with E-state index in [1.807, 2.05) is 0 Å². The molecule has 0 saturated heterocycles. The normalized spacial score (nSPS) is 10.1. The molecule has 14 heavy (non-hydrogen) atoms. The highest BCUT2D eigenvalue weighted by Crippen LogP contribution is 2.02. The van der Waals surface area contributed by atoms with Crippen molar-refractivity contribution in [3.63, 3.8) is 0 Å². The van der Waals surface area contributed by atoms with Gasteiger partial charge in [-0.1, -0.05) is 29.8 Å². The Kier molecular flexibility index (Phi) is 4.33. The van der Waals surface area contributed by atoms with Crippen LogP contribution < -0.4 is 5.32 Å². The van der Waals surface area contributed by atoms with Crippen LogP contribution in [0.15, 0.2) is 24.3 Å². The Bertz CT molecular complexity index is 290. The van der Waals surface area contributed by atoms with Gasteiger partial charge in [-0.2, -0.15) is 0 Å². The van der Waals surface area contributed by atoms with Crippen LogP contribution in [0.4, 0.5) is 0 Å². The van der Waals surface area contributed by atoms with Gasteiger partial charge >= 0.3 is 0 Å². The summed E-state index contributed by atoms with van der Waals surface area (Å²) < 4.78 is 0. The van der Waals surface area contributed by atoms with Gasteiger partial charge in [0, 0.05) is 0 Å². The average Bonchev–Trinajstić information content (AvgIpc) is 2.15. The number of nitrogens with one attached hydrogen (secondary N) is 1. The number of benzene rings is 1. The predicted octanol–water partition coefficient (Wildman–Crippen LogP) is 1.72. The van der Waals surface area contributed by atoms with E-state index in [2.05, 4.69) is 36.5 Å². The highest BCUT2D eigenvalue weighted by Gasteiger charge is 1.94. The third kappa shape index (κ3) is 4.19. The van der Waals surface area contributed by atoms with Crippen LogP contribution in [-0.2, 0) is 11.2 Å². The van der Waals surface area contributed by atoms with Gasteiger partial charge in [-0.05, 0) is 32.4 Å². The molecule has 0 unspecified atom stereocenters. The largest absolute Gasteiger partial charge is 0.310 e. The van der Waals surface area contributed by atoms with Gasteiger partial charge in [0.25, 0.3) is 0 Å². The zero-order valence-corrected chi connectivity index (χ0v) is 8.84. The van der Waals surface area contributed by atoms with Gasteiger partial charge in [-0.25, -0.2) is 0 Å². The van der Waals surface area contributed by atoms with E-state index in [0.717, 1.165) is 13.0 Å². The summed E-state index contributed by atoms with van der Waals surface area (Å²) in [5.41, 5.74) is 2.59. The molecule has 0 saturated carbocycles. The van der Waals surface area contributed by atoms with Crippen molar-refractivity contribution in [2.24, 2.45) is 0 Å². The number of aryl methyl sites for hydroxylation is 1. The summed E-state index contributed by atoms with van der Waals surface area (Å²) in [5, 5.41) is 3.10. The molecule has 0 radical (unpaired) electrons. The smallest absolute Gasteiger partial charge is 0.143 e. The van der Waals surface area contributed by atoms with Gasteiger partial charge in [0.2, 0.25) is 0 Å². The molecule has 1 N–H and O–H groups in total. The maximum absolute atomic E-state index is 10.6. The molecule has 2 heteroatoms. The molecule has 0 aliphatic carbocycles. The Morgan fingerprint density at radius 1 is 1.29 bits per heavy atom. The third-order valence-electron chi connectivity index (χ3n) is 2.08. The van der Waals surface area contributed by atoms with Crippen molar-refractivity contribution in [1.29, 1.82) is 0 Å². The van der Waals surface area contributed by atoms with Crippen molar-refractivity contribution in [1.82, 2.24) is 5.32 Å². The van der Waals surface area contributed by atoms with E-state index in [0.29, 0.717) is 6.54 Å². The number of carbonyl (C=O) groups excluding carboxylic acids is 1. The predicted molar refractivity (Wildman–Crippen MR) is 58.4 cm³/mol. The summed E-state index contributed by atoms with van der Waals surface area (Å²) >= 11 is 0. The highest BCUT2D eigenvalue weighted by atomic mass is 16.1. The minimum absolute atomic E-state index is 0.189. The van der Waals surface area contributed by atoms with Crippen molar-refractivity contribution in [3.8, 4) is 0 Å². The molecule has 0 aliphatic rings. The molecule has 0 atom stereocenters. The average molecular weight is 191 g/mol. The molecule has 1 aromatic carbocycles. The van der Waals surface area contributed by atoms with Crippen LogP contribution in [-0.4, -0.2) is 18.9 Å². The zero-order chi connectivity index (χ0) is 10.4. The molecule has 0 fully saturated rings.